The van der Waals surface area contributed by atoms with E-state index in [4.69, 9.17) is 11.6 Å². The van der Waals surface area contributed by atoms with Crippen molar-refractivity contribution in [1.29, 1.82) is 0 Å². The molecular weight excluding hydrogens is 368 g/mol. The maximum Gasteiger partial charge on any atom is 0.253 e. The molecule has 2 aromatic carbocycles. The van der Waals surface area contributed by atoms with Gasteiger partial charge in [0, 0.05) is 35.1 Å². The van der Waals surface area contributed by atoms with E-state index in [1.54, 1.807) is 29.2 Å². The zero-order chi connectivity index (χ0) is 18.9. The Morgan fingerprint density at radius 2 is 1.77 bits per heavy atom. The number of nitrogens with one attached hydrogen (secondary N) is 1. The van der Waals surface area contributed by atoms with Crippen molar-refractivity contribution in [2.24, 2.45) is 0 Å². The second-order valence-corrected chi connectivity index (χ2v) is 7.15. The van der Waals surface area contributed by atoms with Crippen LogP contribution in [0.2, 0.25) is 5.02 Å². The highest BCUT2D eigenvalue weighted by Crippen LogP contribution is 2.17. The number of carbonyl (C=O) groups is 2. The van der Waals surface area contributed by atoms with Crippen LogP contribution in [-0.4, -0.2) is 35.6 Å². The van der Waals surface area contributed by atoms with Gasteiger partial charge < -0.3 is 10.2 Å². The second kappa shape index (κ2) is 10.2. The second-order valence-electron chi connectivity index (χ2n) is 5.73. The summed E-state index contributed by atoms with van der Waals surface area (Å²) in [7, 11) is 0. The highest BCUT2D eigenvalue weighted by molar-refractivity contribution is 7.99. The van der Waals surface area contributed by atoms with E-state index in [2.05, 4.69) is 5.32 Å². The largest absolute Gasteiger partial charge is 0.339 e. The molecular formula is C20H23ClN2O2S. The summed E-state index contributed by atoms with van der Waals surface area (Å²) in [6, 6.07) is 14.6. The number of carbonyl (C=O) groups excluding carboxylic acids is 2. The van der Waals surface area contributed by atoms with Gasteiger partial charge in [-0.05, 0) is 55.8 Å². The number of hydrogen-bond acceptors (Lipinski definition) is 3. The molecule has 0 bridgehead atoms. The van der Waals surface area contributed by atoms with Gasteiger partial charge >= 0.3 is 0 Å². The maximum atomic E-state index is 12.3. The summed E-state index contributed by atoms with van der Waals surface area (Å²) in [6.45, 7) is 5.27. The fourth-order valence-electron chi connectivity index (χ4n) is 2.47. The lowest BCUT2D eigenvalue weighted by molar-refractivity contribution is -0.113. The van der Waals surface area contributed by atoms with E-state index in [-0.39, 0.29) is 11.8 Å². The Labute approximate surface area is 163 Å². The molecule has 0 saturated heterocycles. The highest BCUT2D eigenvalue weighted by Gasteiger charge is 2.12. The van der Waals surface area contributed by atoms with Gasteiger partial charge in [0.2, 0.25) is 5.91 Å². The van der Waals surface area contributed by atoms with Crippen molar-refractivity contribution in [3.8, 4) is 0 Å². The van der Waals surface area contributed by atoms with Gasteiger partial charge in [-0.2, -0.15) is 0 Å². The molecule has 0 unspecified atom stereocenters. The molecule has 0 aliphatic carbocycles. The third-order valence-electron chi connectivity index (χ3n) is 3.86. The number of rotatable bonds is 8. The van der Waals surface area contributed by atoms with Gasteiger partial charge in [0.25, 0.3) is 5.91 Å². The smallest absolute Gasteiger partial charge is 0.253 e. The number of amides is 2. The van der Waals surface area contributed by atoms with Crippen LogP contribution in [0.4, 0.5) is 5.69 Å². The van der Waals surface area contributed by atoms with Crippen LogP contribution in [-0.2, 0) is 10.5 Å². The molecule has 138 valence electrons. The summed E-state index contributed by atoms with van der Waals surface area (Å²) in [4.78, 5) is 26.1. The van der Waals surface area contributed by atoms with Crippen LogP contribution in [0.5, 0.6) is 0 Å². The Kier molecular flexibility index (Phi) is 8.01. The molecule has 0 radical (unpaired) electrons. The summed E-state index contributed by atoms with van der Waals surface area (Å²) in [6.07, 6.45) is 0. The fourth-order valence-corrected chi connectivity index (χ4v) is 3.46. The summed E-state index contributed by atoms with van der Waals surface area (Å²) in [5, 5.41) is 3.55. The zero-order valence-electron chi connectivity index (χ0n) is 15.0. The van der Waals surface area contributed by atoms with E-state index < -0.39 is 0 Å². The standard InChI is InChI=1S/C20H23ClN2O2S/c1-3-23(4-2)20(25)16-8-10-18(11-9-16)22-19(24)14-26-13-15-6-5-7-17(21)12-15/h5-12H,3-4,13-14H2,1-2H3,(H,22,24). The molecule has 2 rings (SSSR count). The summed E-state index contributed by atoms with van der Waals surface area (Å²) >= 11 is 7.48. The highest BCUT2D eigenvalue weighted by atomic mass is 35.5. The molecule has 2 amide bonds. The monoisotopic (exact) mass is 390 g/mol. The van der Waals surface area contributed by atoms with Crippen LogP contribution in [0.1, 0.15) is 29.8 Å². The molecule has 0 atom stereocenters. The van der Waals surface area contributed by atoms with Crippen molar-refractivity contribution < 1.29 is 9.59 Å². The number of hydrogen-bond donors (Lipinski definition) is 1. The third kappa shape index (κ3) is 6.07. The molecule has 0 spiro atoms. The van der Waals surface area contributed by atoms with Crippen LogP contribution < -0.4 is 5.32 Å². The Morgan fingerprint density at radius 1 is 1.08 bits per heavy atom. The first-order chi connectivity index (χ1) is 12.5. The first-order valence-corrected chi connectivity index (χ1v) is 10.1. The van der Waals surface area contributed by atoms with Crippen LogP contribution in [0.15, 0.2) is 48.5 Å². The van der Waals surface area contributed by atoms with E-state index in [9.17, 15) is 9.59 Å². The third-order valence-corrected chi connectivity index (χ3v) is 5.10. The Morgan fingerprint density at radius 3 is 2.38 bits per heavy atom. The van der Waals surface area contributed by atoms with Crippen molar-refractivity contribution in [3.05, 3.63) is 64.7 Å². The Bertz CT molecular complexity index is 746. The minimum Gasteiger partial charge on any atom is -0.339 e. The predicted octanol–water partition coefficient (Wildman–Crippen LogP) is 4.69. The van der Waals surface area contributed by atoms with Gasteiger partial charge in [0.05, 0.1) is 5.75 Å². The zero-order valence-corrected chi connectivity index (χ0v) is 16.6. The average Bonchev–Trinajstić information content (AvgIpc) is 2.63. The summed E-state index contributed by atoms with van der Waals surface area (Å²) in [5.41, 5.74) is 2.41. The summed E-state index contributed by atoms with van der Waals surface area (Å²) in [5.74, 6) is 1.02. The molecule has 0 saturated carbocycles. The Hall–Kier alpha value is -1.98. The molecule has 0 aliphatic rings. The van der Waals surface area contributed by atoms with Gasteiger partial charge in [-0.25, -0.2) is 0 Å². The molecule has 0 fully saturated rings. The van der Waals surface area contributed by atoms with Crippen LogP contribution >= 0.6 is 23.4 Å². The van der Waals surface area contributed by atoms with Crippen molar-refractivity contribution >= 4 is 40.9 Å². The molecule has 6 heteroatoms. The molecule has 4 nitrogen and oxygen atoms in total. The Balaban J connectivity index is 1.82. The summed E-state index contributed by atoms with van der Waals surface area (Å²) < 4.78 is 0. The lowest BCUT2D eigenvalue weighted by Crippen LogP contribution is -2.30. The fraction of sp³-hybridized carbons (Fsp3) is 0.300. The van der Waals surface area contributed by atoms with Crippen LogP contribution in [0, 0.1) is 0 Å². The van der Waals surface area contributed by atoms with Crippen molar-refractivity contribution in [3.63, 3.8) is 0 Å². The maximum absolute atomic E-state index is 12.3. The predicted molar refractivity (Wildman–Crippen MR) is 110 cm³/mol. The first kappa shape index (κ1) is 20.3. The van der Waals surface area contributed by atoms with E-state index in [1.165, 1.54) is 11.8 Å². The first-order valence-electron chi connectivity index (χ1n) is 8.54. The number of benzene rings is 2. The minimum atomic E-state index is -0.0696. The van der Waals surface area contributed by atoms with E-state index in [0.29, 0.717) is 35.1 Å². The number of halogens is 1. The quantitative estimate of drug-likeness (QED) is 0.711. The SMILES string of the molecule is CCN(CC)C(=O)c1ccc(NC(=O)CSCc2cccc(Cl)c2)cc1. The van der Waals surface area contributed by atoms with Crippen LogP contribution in [0.3, 0.4) is 0 Å². The van der Waals surface area contributed by atoms with Gasteiger partial charge in [0.1, 0.15) is 0 Å². The molecule has 0 aromatic heterocycles. The molecule has 0 aliphatic heterocycles. The van der Waals surface area contributed by atoms with E-state index >= 15 is 0 Å². The molecule has 1 N–H and O–H groups in total. The van der Waals surface area contributed by atoms with Gasteiger partial charge in [-0.15, -0.1) is 11.8 Å². The number of anilines is 1. The number of thioether (sulfide) groups is 1. The van der Waals surface area contributed by atoms with E-state index in [0.717, 1.165) is 11.3 Å². The van der Waals surface area contributed by atoms with Crippen LogP contribution in [0.25, 0.3) is 0 Å². The minimum absolute atomic E-state index is 0.00459. The van der Waals surface area contributed by atoms with Crippen molar-refractivity contribution in [1.82, 2.24) is 4.90 Å². The topological polar surface area (TPSA) is 49.4 Å². The van der Waals surface area contributed by atoms with Crippen molar-refractivity contribution in [2.75, 3.05) is 24.2 Å². The molecule has 2 aromatic rings. The molecule has 26 heavy (non-hydrogen) atoms. The number of nitrogens with zero attached hydrogens (tertiary/aromatic N) is 1. The lowest BCUT2D eigenvalue weighted by Gasteiger charge is -2.18. The van der Waals surface area contributed by atoms with Gasteiger partial charge in [-0.1, -0.05) is 23.7 Å². The lowest BCUT2D eigenvalue weighted by atomic mass is 10.2. The van der Waals surface area contributed by atoms with Crippen molar-refractivity contribution in [2.45, 2.75) is 19.6 Å². The normalized spacial score (nSPS) is 10.4. The van der Waals surface area contributed by atoms with Gasteiger partial charge in [0.15, 0.2) is 0 Å². The van der Waals surface area contributed by atoms with Gasteiger partial charge in [-0.3, -0.25) is 9.59 Å². The van der Waals surface area contributed by atoms with E-state index in [1.807, 2.05) is 38.1 Å². The molecule has 0 heterocycles. The average molecular weight is 391 g/mol.